The van der Waals surface area contributed by atoms with Gasteiger partial charge < -0.3 is 14.5 Å². The van der Waals surface area contributed by atoms with Crippen LogP contribution in [0.2, 0.25) is 0 Å². The number of imide groups is 1. The average Bonchev–Trinajstić information content (AvgIpc) is 2.98. The second-order valence-electron chi connectivity index (χ2n) is 7.02. The van der Waals surface area contributed by atoms with Gasteiger partial charge in [-0.15, -0.1) is 0 Å². The highest BCUT2D eigenvalue weighted by Gasteiger charge is 2.48. The first-order valence-electron chi connectivity index (χ1n) is 8.86. The molecule has 2 atom stereocenters. The number of ether oxygens (including phenoxy) is 1. The van der Waals surface area contributed by atoms with Crippen LogP contribution in [-0.2, 0) is 4.79 Å². The molecule has 150 valence electrons. The van der Waals surface area contributed by atoms with Gasteiger partial charge in [0.25, 0.3) is 5.91 Å². The molecule has 2 unspecified atom stereocenters. The molecule has 28 heavy (non-hydrogen) atoms. The van der Waals surface area contributed by atoms with Gasteiger partial charge in [0.05, 0.1) is 13.3 Å². The van der Waals surface area contributed by atoms with Crippen LogP contribution in [-0.4, -0.2) is 66.8 Å². The summed E-state index contributed by atoms with van der Waals surface area (Å²) in [5.74, 6) is 1.06. The molecule has 0 spiro atoms. The van der Waals surface area contributed by atoms with Crippen LogP contribution in [0.15, 0.2) is 32.8 Å². The SMILES string of the molecule is COc1ccc(Br)cc1/C=N/NC1=NC2C(C(=O)NC(=O)N2C)N1CC(C)C. The zero-order chi connectivity index (χ0) is 20.4. The molecule has 1 aromatic carbocycles. The van der Waals surface area contributed by atoms with Crippen molar-refractivity contribution in [2.75, 3.05) is 20.7 Å². The normalized spacial score (nSPS) is 21.9. The Bertz CT molecular complexity index is 841. The molecule has 0 aliphatic carbocycles. The molecule has 0 aromatic heterocycles. The van der Waals surface area contributed by atoms with Crippen LogP contribution in [0.3, 0.4) is 0 Å². The molecule has 1 fully saturated rings. The Kier molecular flexibility index (Phi) is 5.87. The second-order valence-corrected chi connectivity index (χ2v) is 7.93. The lowest BCUT2D eigenvalue weighted by Gasteiger charge is -2.36. The van der Waals surface area contributed by atoms with Crippen LogP contribution in [0.1, 0.15) is 19.4 Å². The molecule has 1 aromatic rings. The van der Waals surface area contributed by atoms with Crippen molar-refractivity contribution in [3.8, 4) is 5.75 Å². The third-order valence-corrected chi connectivity index (χ3v) is 4.98. The molecule has 2 aliphatic heterocycles. The van der Waals surface area contributed by atoms with Gasteiger partial charge in [-0.25, -0.2) is 15.2 Å². The van der Waals surface area contributed by atoms with Crippen LogP contribution in [0.5, 0.6) is 5.75 Å². The van der Waals surface area contributed by atoms with Gasteiger partial charge in [0, 0.05) is 23.6 Å². The van der Waals surface area contributed by atoms with E-state index in [0.717, 1.165) is 10.0 Å². The molecule has 2 aliphatic rings. The quantitative estimate of drug-likeness (QED) is 0.524. The maximum atomic E-state index is 12.4. The zero-order valence-electron chi connectivity index (χ0n) is 16.1. The summed E-state index contributed by atoms with van der Waals surface area (Å²) in [5.41, 5.74) is 3.70. The van der Waals surface area contributed by atoms with Crippen molar-refractivity contribution < 1.29 is 14.3 Å². The van der Waals surface area contributed by atoms with E-state index in [0.29, 0.717) is 18.3 Å². The molecule has 0 radical (unpaired) electrons. The lowest BCUT2D eigenvalue weighted by molar-refractivity contribution is -0.127. The Labute approximate surface area is 171 Å². The van der Waals surface area contributed by atoms with Crippen LogP contribution >= 0.6 is 15.9 Å². The number of amides is 3. The highest BCUT2D eigenvalue weighted by Crippen LogP contribution is 2.24. The number of halogens is 1. The molecule has 0 saturated carbocycles. The first-order valence-corrected chi connectivity index (χ1v) is 9.65. The molecule has 9 nitrogen and oxygen atoms in total. The second kappa shape index (κ2) is 8.17. The summed E-state index contributed by atoms with van der Waals surface area (Å²) in [6.45, 7) is 4.70. The van der Waals surface area contributed by atoms with Crippen molar-refractivity contribution in [2.24, 2.45) is 16.0 Å². The molecular weight excluding hydrogens is 428 g/mol. The number of rotatable bonds is 5. The van der Waals surface area contributed by atoms with Crippen molar-refractivity contribution in [3.63, 3.8) is 0 Å². The van der Waals surface area contributed by atoms with Gasteiger partial charge in [0.15, 0.2) is 12.2 Å². The summed E-state index contributed by atoms with van der Waals surface area (Å²) in [6.07, 6.45) is 1.04. The molecular formula is C18H23BrN6O3. The van der Waals surface area contributed by atoms with E-state index < -0.39 is 18.2 Å². The Morgan fingerprint density at radius 2 is 2.18 bits per heavy atom. The van der Waals surface area contributed by atoms with Crippen LogP contribution < -0.4 is 15.5 Å². The number of carbonyl (C=O) groups is 2. The van der Waals surface area contributed by atoms with E-state index >= 15 is 0 Å². The third kappa shape index (κ3) is 3.96. The van der Waals surface area contributed by atoms with Crippen LogP contribution in [0.25, 0.3) is 0 Å². The fourth-order valence-corrected chi connectivity index (χ4v) is 3.56. The smallest absolute Gasteiger partial charge is 0.325 e. The van der Waals surface area contributed by atoms with Crippen LogP contribution in [0, 0.1) is 5.92 Å². The number of methoxy groups -OCH3 is 1. The number of aliphatic imine (C=N–C) groups is 1. The van der Waals surface area contributed by atoms with E-state index in [9.17, 15) is 9.59 Å². The van der Waals surface area contributed by atoms with Crippen molar-refractivity contribution in [1.82, 2.24) is 20.5 Å². The minimum atomic E-state index is -0.585. The largest absolute Gasteiger partial charge is 0.496 e. The van der Waals surface area contributed by atoms with Gasteiger partial charge in [0.2, 0.25) is 5.96 Å². The number of hydrazone groups is 1. The molecule has 3 rings (SSSR count). The summed E-state index contributed by atoms with van der Waals surface area (Å²) in [4.78, 5) is 32.2. The molecule has 10 heteroatoms. The third-order valence-electron chi connectivity index (χ3n) is 4.48. The zero-order valence-corrected chi connectivity index (χ0v) is 17.7. The van der Waals surface area contributed by atoms with Gasteiger partial charge in [-0.05, 0) is 24.1 Å². The van der Waals surface area contributed by atoms with Crippen LogP contribution in [0.4, 0.5) is 4.79 Å². The average molecular weight is 451 g/mol. The standard InChI is InChI=1S/C18H23BrN6O3/c1-10(2)9-25-14-15(24(3)18(27)22-16(14)26)21-17(25)23-20-8-11-7-12(19)5-6-13(11)28-4/h5-8,10,14-15H,9H2,1-4H3,(H,21,23)(H,22,26,27)/b20-8+. The number of carbonyl (C=O) groups excluding carboxylic acids is 2. The minimum Gasteiger partial charge on any atom is -0.496 e. The summed E-state index contributed by atoms with van der Waals surface area (Å²) in [7, 11) is 3.21. The van der Waals surface area contributed by atoms with E-state index in [4.69, 9.17) is 4.74 Å². The number of benzene rings is 1. The van der Waals surface area contributed by atoms with Gasteiger partial charge in [-0.1, -0.05) is 29.8 Å². The van der Waals surface area contributed by atoms with E-state index in [1.165, 1.54) is 4.90 Å². The summed E-state index contributed by atoms with van der Waals surface area (Å²) < 4.78 is 6.24. The van der Waals surface area contributed by atoms with E-state index in [-0.39, 0.29) is 11.8 Å². The van der Waals surface area contributed by atoms with E-state index in [2.05, 4.69) is 50.6 Å². The maximum Gasteiger partial charge on any atom is 0.325 e. The monoisotopic (exact) mass is 450 g/mol. The Morgan fingerprint density at radius 1 is 1.43 bits per heavy atom. The Morgan fingerprint density at radius 3 is 2.86 bits per heavy atom. The molecule has 0 bridgehead atoms. The van der Waals surface area contributed by atoms with E-state index in [1.807, 2.05) is 23.1 Å². The van der Waals surface area contributed by atoms with Gasteiger partial charge in [-0.2, -0.15) is 5.10 Å². The molecule has 1 saturated heterocycles. The van der Waals surface area contributed by atoms with Gasteiger partial charge >= 0.3 is 6.03 Å². The molecule has 2 heterocycles. The highest BCUT2D eigenvalue weighted by molar-refractivity contribution is 9.10. The molecule has 2 N–H and O–H groups in total. The van der Waals surface area contributed by atoms with Crippen molar-refractivity contribution in [3.05, 3.63) is 28.2 Å². The molecule has 3 amide bonds. The Hall–Kier alpha value is -2.62. The topological polar surface area (TPSA) is 98.6 Å². The van der Waals surface area contributed by atoms with Crippen molar-refractivity contribution in [1.29, 1.82) is 0 Å². The number of urea groups is 1. The fourth-order valence-electron chi connectivity index (χ4n) is 3.18. The Balaban J connectivity index is 1.84. The highest BCUT2D eigenvalue weighted by atomic mass is 79.9. The van der Waals surface area contributed by atoms with Gasteiger partial charge in [-0.3, -0.25) is 10.1 Å². The number of guanidine groups is 1. The number of hydrogen-bond acceptors (Lipinski definition) is 7. The first kappa shape index (κ1) is 20.1. The number of hydrogen-bond donors (Lipinski definition) is 2. The summed E-state index contributed by atoms with van der Waals surface area (Å²) in [5, 5.41) is 6.65. The first-order chi connectivity index (χ1) is 13.3. The number of nitrogens with zero attached hydrogens (tertiary/aromatic N) is 4. The lowest BCUT2D eigenvalue weighted by Crippen LogP contribution is -2.64. The van der Waals surface area contributed by atoms with Crippen molar-refractivity contribution >= 4 is 40.0 Å². The summed E-state index contributed by atoms with van der Waals surface area (Å²) >= 11 is 3.43. The number of fused-ring (bicyclic) bond motifs is 1. The predicted molar refractivity (Wildman–Crippen MR) is 109 cm³/mol. The van der Waals surface area contributed by atoms with E-state index in [1.54, 1.807) is 20.4 Å². The summed E-state index contributed by atoms with van der Waals surface area (Å²) in [6, 6.07) is 4.56. The van der Waals surface area contributed by atoms with Gasteiger partial charge in [0.1, 0.15) is 5.75 Å². The minimum absolute atomic E-state index is 0.288. The lowest BCUT2D eigenvalue weighted by atomic mass is 10.1. The number of nitrogens with one attached hydrogen (secondary N) is 2. The fraction of sp³-hybridized carbons (Fsp3) is 0.444. The maximum absolute atomic E-state index is 12.4. The number of likely N-dealkylation sites (N-methyl/N-ethyl adjacent to an activating group) is 1. The van der Waals surface area contributed by atoms with Crippen molar-refractivity contribution in [2.45, 2.75) is 26.1 Å². The predicted octanol–water partition coefficient (Wildman–Crippen LogP) is 1.59.